The molecule has 1 amide bonds. The number of carboxylic acid groups (broad SMARTS) is 1. The topological polar surface area (TPSA) is 120 Å². The second-order valence-electron chi connectivity index (χ2n) is 7.19. The molecule has 0 aliphatic heterocycles. The standard InChI is InChI=1S/C23H24N4O3/c1-27(14-16-8-9-17-4-2-3-5-19(17)12-16)23(25)26-21(28)18-10-6-15(7-11-18)13-20(24)22(29)30/h2-12,20H,13-14,24H2,1H3,(H,29,30)(H2,25,26,28)/t20-/m0/s1. The van der Waals surface area contributed by atoms with Crippen molar-refractivity contribution in [3.05, 3.63) is 83.4 Å². The molecule has 154 valence electrons. The van der Waals surface area contributed by atoms with Crippen LogP contribution in [0.1, 0.15) is 21.5 Å². The third kappa shape index (κ3) is 5.21. The maximum absolute atomic E-state index is 12.4. The molecule has 0 spiro atoms. The average molecular weight is 404 g/mol. The third-order valence-electron chi connectivity index (χ3n) is 4.84. The molecule has 30 heavy (non-hydrogen) atoms. The van der Waals surface area contributed by atoms with E-state index < -0.39 is 17.9 Å². The van der Waals surface area contributed by atoms with E-state index in [0.29, 0.717) is 12.1 Å². The van der Waals surface area contributed by atoms with Gasteiger partial charge < -0.3 is 15.7 Å². The first-order valence-corrected chi connectivity index (χ1v) is 9.49. The van der Waals surface area contributed by atoms with Crippen molar-refractivity contribution in [2.75, 3.05) is 7.05 Å². The molecule has 0 heterocycles. The van der Waals surface area contributed by atoms with Crippen LogP contribution in [0, 0.1) is 5.41 Å². The number of carbonyl (C=O) groups is 2. The zero-order valence-corrected chi connectivity index (χ0v) is 16.6. The fraction of sp³-hybridized carbons (Fsp3) is 0.174. The van der Waals surface area contributed by atoms with Crippen LogP contribution < -0.4 is 11.1 Å². The summed E-state index contributed by atoms with van der Waals surface area (Å²) in [6, 6.07) is 19.7. The molecule has 7 heteroatoms. The van der Waals surface area contributed by atoms with Gasteiger partial charge in [0.1, 0.15) is 6.04 Å². The zero-order valence-electron chi connectivity index (χ0n) is 16.6. The Morgan fingerprint density at radius 3 is 2.33 bits per heavy atom. The van der Waals surface area contributed by atoms with Crippen LogP contribution in [-0.2, 0) is 17.8 Å². The van der Waals surface area contributed by atoms with E-state index in [9.17, 15) is 9.59 Å². The van der Waals surface area contributed by atoms with Gasteiger partial charge in [0.05, 0.1) is 0 Å². The van der Waals surface area contributed by atoms with E-state index in [1.54, 1.807) is 36.2 Å². The molecule has 0 fully saturated rings. The molecular formula is C23H24N4O3. The molecule has 0 radical (unpaired) electrons. The number of carboxylic acids is 1. The largest absolute Gasteiger partial charge is 0.480 e. The molecule has 0 bridgehead atoms. The number of amides is 1. The number of nitrogens with zero attached hydrogens (tertiary/aromatic N) is 1. The SMILES string of the molecule is CN(Cc1ccc2ccccc2c1)C(=N)NC(=O)c1ccc(C[C@H](N)C(=O)O)cc1. The summed E-state index contributed by atoms with van der Waals surface area (Å²) in [6.45, 7) is 0.482. The van der Waals surface area contributed by atoms with Crippen molar-refractivity contribution >= 4 is 28.6 Å². The summed E-state index contributed by atoms with van der Waals surface area (Å²) in [6.07, 6.45) is 0.182. The smallest absolute Gasteiger partial charge is 0.320 e. The fourth-order valence-corrected chi connectivity index (χ4v) is 3.10. The molecule has 0 unspecified atom stereocenters. The first-order valence-electron chi connectivity index (χ1n) is 9.49. The molecular weight excluding hydrogens is 380 g/mol. The summed E-state index contributed by atoms with van der Waals surface area (Å²) in [5.74, 6) is -1.48. The van der Waals surface area contributed by atoms with Gasteiger partial charge in [-0.2, -0.15) is 0 Å². The van der Waals surface area contributed by atoms with Gasteiger partial charge in [-0.1, -0.05) is 48.5 Å². The number of nitrogens with two attached hydrogens (primary N) is 1. The molecule has 3 aromatic rings. The Hall–Kier alpha value is -3.71. The minimum absolute atomic E-state index is 0.00913. The van der Waals surface area contributed by atoms with E-state index >= 15 is 0 Å². The zero-order chi connectivity index (χ0) is 21.7. The molecule has 7 nitrogen and oxygen atoms in total. The minimum Gasteiger partial charge on any atom is -0.480 e. The highest BCUT2D eigenvalue weighted by atomic mass is 16.4. The molecule has 3 rings (SSSR count). The summed E-state index contributed by atoms with van der Waals surface area (Å²) in [5.41, 5.74) is 7.67. The van der Waals surface area contributed by atoms with Crippen LogP contribution in [0.4, 0.5) is 0 Å². The molecule has 0 aliphatic rings. The Balaban J connectivity index is 1.58. The summed E-state index contributed by atoms with van der Waals surface area (Å²) in [5, 5.41) is 21.9. The number of carbonyl (C=O) groups excluding carboxylic acids is 1. The van der Waals surface area contributed by atoms with Gasteiger partial charge in [-0.15, -0.1) is 0 Å². The number of hydrogen-bond donors (Lipinski definition) is 4. The van der Waals surface area contributed by atoms with Gasteiger partial charge >= 0.3 is 5.97 Å². The van der Waals surface area contributed by atoms with E-state index in [4.69, 9.17) is 16.2 Å². The van der Waals surface area contributed by atoms with Crippen molar-refractivity contribution in [3.63, 3.8) is 0 Å². The molecule has 0 aliphatic carbocycles. The van der Waals surface area contributed by atoms with Crippen molar-refractivity contribution in [1.29, 1.82) is 5.41 Å². The normalized spacial score (nSPS) is 11.7. The number of nitrogens with one attached hydrogen (secondary N) is 2. The Kier molecular flexibility index (Phi) is 6.44. The van der Waals surface area contributed by atoms with Gasteiger partial charge in [0.15, 0.2) is 5.96 Å². The predicted molar refractivity (Wildman–Crippen MR) is 116 cm³/mol. The van der Waals surface area contributed by atoms with Crippen LogP contribution in [0.2, 0.25) is 0 Å². The molecule has 0 aromatic heterocycles. The Morgan fingerprint density at radius 2 is 1.67 bits per heavy atom. The van der Waals surface area contributed by atoms with Gasteiger partial charge in [0.25, 0.3) is 5.91 Å². The van der Waals surface area contributed by atoms with Crippen LogP contribution in [0.3, 0.4) is 0 Å². The monoisotopic (exact) mass is 404 g/mol. The third-order valence-corrected chi connectivity index (χ3v) is 4.84. The Bertz CT molecular complexity index is 1080. The summed E-state index contributed by atoms with van der Waals surface area (Å²) in [4.78, 5) is 24.9. The lowest BCUT2D eigenvalue weighted by molar-refractivity contribution is -0.138. The maximum Gasteiger partial charge on any atom is 0.320 e. The fourth-order valence-electron chi connectivity index (χ4n) is 3.10. The highest BCUT2D eigenvalue weighted by Crippen LogP contribution is 2.16. The van der Waals surface area contributed by atoms with Crippen molar-refractivity contribution in [1.82, 2.24) is 10.2 Å². The van der Waals surface area contributed by atoms with Gasteiger partial charge in [0, 0.05) is 19.2 Å². The molecule has 1 atom stereocenters. The van der Waals surface area contributed by atoms with Gasteiger partial charge in [-0.25, -0.2) is 0 Å². The highest BCUT2D eigenvalue weighted by molar-refractivity contribution is 6.04. The van der Waals surface area contributed by atoms with Crippen LogP contribution in [0.25, 0.3) is 10.8 Å². The van der Waals surface area contributed by atoms with Gasteiger partial charge in [0.2, 0.25) is 0 Å². The number of fused-ring (bicyclic) bond motifs is 1. The van der Waals surface area contributed by atoms with E-state index in [0.717, 1.165) is 21.9 Å². The quantitative estimate of drug-likeness (QED) is 0.372. The Labute approximate surface area is 174 Å². The number of rotatable bonds is 6. The van der Waals surface area contributed by atoms with Crippen LogP contribution in [0.5, 0.6) is 0 Å². The Morgan fingerprint density at radius 1 is 1.03 bits per heavy atom. The van der Waals surface area contributed by atoms with E-state index in [-0.39, 0.29) is 12.4 Å². The van der Waals surface area contributed by atoms with Gasteiger partial charge in [-0.3, -0.25) is 20.3 Å². The summed E-state index contributed by atoms with van der Waals surface area (Å²) < 4.78 is 0. The lowest BCUT2D eigenvalue weighted by Crippen LogP contribution is -2.41. The van der Waals surface area contributed by atoms with Crippen LogP contribution in [-0.4, -0.2) is 40.9 Å². The molecule has 0 saturated heterocycles. The second kappa shape index (κ2) is 9.19. The van der Waals surface area contributed by atoms with E-state index in [2.05, 4.69) is 11.4 Å². The van der Waals surface area contributed by atoms with Crippen molar-refractivity contribution in [3.8, 4) is 0 Å². The number of hydrogen-bond acceptors (Lipinski definition) is 4. The first kappa shape index (κ1) is 21.0. The first-order chi connectivity index (χ1) is 14.3. The number of aliphatic carboxylic acids is 1. The highest BCUT2D eigenvalue weighted by Gasteiger charge is 2.14. The second-order valence-corrected chi connectivity index (χ2v) is 7.19. The van der Waals surface area contributed by atoms with E-state index in [1.165, 1.54) is 0 Å². The van der Waals surface area contributed by atoms with E-state index in [1.807, 2.05) is 36.4 Å². The lowest BCUT2D eigenvalue weighted by atomic mass is 10.0. The summed E-state index contributed by atoms with van der Waals surface area (Å²) in [7, 11) is 1.74. The van der Waals surface area contributed by atoms with Gasteiger partial charge in [-0.05, 0) is 46.5 Å². The molecule has 3 aromatic carbocycles. The number of guanidine groups is 1. The van der Waals surface area contributed by atoms with Crippen molar-refractivity contribution < 1.29 is 14.7 Å². The molecule has 5 N–H and O–H groups in total. The predicted octanol–water partition coefficient (Wildman–Crippen LogP) is 2.59. The van der Waals surface area contributed by atoms with Crippen LogP contribution >= 0.6 is 0 Å². The molecule has 0 saturated carbocycles. The van der Waals surface area contributed by atoms with Crippen molar-refractivity contribution in [2.45, 2.75) is 19.0 Å². The summed E-state index contributed by atoms with van der Waals surface area (Å²) >= 11 is 0. The van der Waals surface area contributed by atoms with Crippen molar-refractivity contribution in [2.24, 2.45) is 5.73 Å². The van der Waals surface area contributed by atoms with Crippen LogP contribution in [0.15, 0.2) is 66.7 Å². The lowest BCUT2D eigenvalue weighted by Gasteiger charge is -2.20. The average Bonchev–Trinajstić information content (AvgIpc) is 2.74. The maximum atomic E-state index is 12.4. The minimum atomic E-state index is -1.07. The number of benzene rings is 3.